The second kappa shape index (κ2) is 8.67. The predicted octanol–water partition coefficient (Wildman–Crippen LogP) is 5.46. The average molecular weight is 343 g/mol. The quantitative estimate of drug-likeness (QED) is 0.350. The molecule has 0 aromatic carbocycles. The zero-order chi connectivity index (χ0) is 19.2. The van der Waals surface area contributed by atoms with Gasteiger partial charge >= 0.3 is 0 Å². The highest BCUT2D eigenvalue weighted by atomic mass is 17.2. The monoisotopic (exact) mass is 342 g/mol. The standard InChI is InChI=1S/C20H38O4/c1-16(2)12-13-20(11,24-22-18(6,7)8)15-14-19(9,10)23-21-17(3,4)5/h16H,12-13H2,1-11H3. The van der Waals surface area contributed by atoms with Crippen LogP contribution in [0.3, 0.4) is 0 Å². The maximum atomic E-state index is 5.72. The van der Waals surface area contributed by atoms with Crippen molar-refractivity contribution in [1.29, 1.82) is 0 Å². The van der Waals surface area contributed by atoms with E-state index in [4.69, 9.17) is 19.6 Å². The molecule has 0 fully saturated rings. The molecule has 0 N–H and O–H groups in total. The fourth-order valence-electron chi connectivity index (χ4n) is 1.44. The van der Waals surface area contributed by atoms with E-state index in [0.29, 0.717) is 5.92 Å². The topological polar surface area (TPSA) is 36.9 Å². The van der Waals surface area contributed by atoms with Crippen LogP contribution in [0, 0.1) is 17.8 Å². The van der Waals surface area contributed by atoms with Crippen molar-refractivity contribution in [2.75, 3.05) is 0 Å². The Balaban J connectivity index is 5.09. The lowest BCUT2D eigenvalue weighted by Crippen LogP contribution is -2.34. The number of hydrogen-bond acceptors (Lipinski definition) is 4. The molecule has 0 saturated carbocycles. The Morgan fingerprint density at radius 1 is 0.667 bits per heavy atom. The van der Waals surface area contributed by atoms with Crippen molar-refractivity contribution in [2.45, 2.75) is 111 Å². The van der Waals surface area contributed by atoms with Crippen molar-refractivity contribution < 1.29 is 19.6 Å². The molecular weight excluding hydrogens is 304 g/mol. The van der Waals surface area contributed by atoms with Crippen LogP contribution in [0.2, 0.25) is 0 Å². The van der Waals surface area contributed by atoms with E-state index in [2.05, 4.69) is 25.7 Å². The highest BCUT2D eigenvalue weighted by Gasteiger charge is 2.29. The third-order valence-electron chi connectivity index (χ3n) is 2.80. The Morgan fingerprint density at radius 3 is 1.54 bits per heavy atom. The molecule has 0 rings (SSSR count). The Kier molecular flexibility index (Phi) is 8.45. The molecule has 1 unspecified atom stereocenters. The van der Waals surface area contributed by atoms with Crippen LogP contribution in [0.5, 0.6) is 0 Å². The summed E-state index contributed by atoms with van der Waals surface area (Å²) in [4.78, 5) is 22.1. The molecule has 0 aliphatic carbocycles. The molecule has 0 amide bonds. The fourth-order valence-corrected chi connectivity index (χ4v) is 1.44. The van der Waals surface area contributed by atoms with E-state index >= 15 is 0 Å². The highest BCUT2D eigenvalue weighted by molar-refractivity contribution is 5.19. The third kappa shape index (κ3) is 12.8. The van der Waals surface area contributed by atoms with E-state index in [1.807, 2.05) is 62.3 Å². The van der Waals surface area contributed by atoms with Crippen LogP contribution < -0.4 is 0 Å². The van der Waals surface area contributed by atoms with Gasteiger partial charge in [-0.3, -0.25) is 0 Å². The molecule has 0 bridgehead atoms. The van der Waals surface area contributed by atoms with Crippen LogP contribution in [-0.4, -0.2) is 22.4 Å². The summed E-state index contributed by atoms with van der Waals surface area (Å²) in [5.41, 5.74) is -2.20. The SMILES string of the molecule is CC(C)CCC(C)(C#CC(C)(C)OOC(C)(C)C)OOC(C)(C)C. The smallest absolute Gasteiger partial charge is 0.161 e. The van der Waals surface area contributed by atoms with Crippen molar-refractivity contribution in [2.24, 2.45) is 5.92 Å². The minimum Gasteiger partial charge on any atom is -0.229 e. The Hall–Kier alpha value is -0.600. The maximum absolute atomic E-state index is 5.72. The van der Waals surface area contributed by atoms with Gasteiger partial charge in [-0.2, -0.15) is 0 Å². The van der Waals surface area contributed by atoms with Crippen LogP contribution >= 0.6 is 0 Å². The van der Waals surface area contributed by atoms with Gasteiger partial charge in [0, 0.05) is 0 Å². The molecule has 24 heavy (non-hydrogen) atoms. The first-order valence-corrected chi connectivity index (χ1v) is 8.82. The number of hydrogen-bond donors (Lipinski definition) is 0. The maximum Gasteiger partial charge on any atom is 0.161 e. The van der Waals surface area contributed by atoms with Gasteiger partial charge in [0.25, 0.3) is 0 Å². The van der Waals surface area contributed by atoms with Gasteiger partial charge in [-0.1, -0.05) is 25.7 Å². The molecule has 0 spiro atoms. The fraction of sp³-hybridized carbons (Fsp3) is 0.900. The van der Waals surface area contributed by atoms with Crippen molar-refractivity contribution in [1.82, 2.24) is 0 Å². The summed E-state index contributed by atoms with van der Waals surface area (Å²) in [5, 5.41) is 0. The largest absolute Gasteiger partial charge is 0.229 e. The summed E-state index contributed by atoms with van der Waals surface area (Å²) >= 11 is 0. The summed E-state index contributed by atoms with van der Waals surface area (Å²) in [7, 11) is 0. The lowest BCUT2D eigenvalue weighted by molar-refractivity contribution is -0.390. The molecule has 0 saturated heterocycles. The average Bonchev–Trinajstić information content (AvgIpc) is 2.38. The first-order valence-electron chi connectivity index (χ1n) is 8.82. The lowest BCUT2D eigenvalue weighted by Gasteiger charge is -2.29. The first kappa shape index (κ1) is 23.4. The molecule has 0 radical (unpaired) electrons. The van der Waals surface area contributed by atoms with Crippen LogP contribution in [0.15, 0.2) is 0 Å². The van der Waals surface area contributed by atoms with Crippen molar-refractivity contribution in [3.05, 3.63) is 0 Å². The van der Waals surface area contributed by atoms with E-state index in [-0.39, 0.29) is 11.2 Å². The van der Waals surface area contributed by atoms with Crippen LogP contribution in [0.1, 0.15) is 89.0 Å². The van der Waals surface area contributed by atoms with Gasteiger partial charge in [-0.25, -0.2) is 19.6 Å². The van der Waals surface area contributed by atoms with E-state index in [1.54, 1.807) is 0 Å². The minimum atomic E-state index is -0.739. The molecule has 0 aromatic heterocycles. The van der Waals surface area contributed by atoms with E-state index in [1.165, 1.54) is 0 Å². The molecule has 1 atom stereocenters. The van der Waals surface area contributed by atoms with Crippen LogP contribution in [-0.2, 0) is 19.6 Å². The third-order valence-corrected chi connectivity index (χ3v) is 2.80. The molecule has 0 aromatic rings. The molecule has 0 aliphatic heterocycles. The minimum absolute atomic E-state index is 0.383. The van der Waals surface area contributed by atoms with Crippen molar-refractivity contribution >= 4 is 0 Å². The zero-order valence-electron chi connectivity index (χ0n) is 17.6. The summed E-state index contributed by atoms with van der Waals surface area (Å²) < 4.78 is 0. The summed E-state index contributed by atoms with van der Waals surface area (Å²) in [6.07, 6.45) is 1.78. The van der Waals surface area contributed by atoms with Gasteiger partial charge in [0.2, 0.25) is 0 Å². The molecule has 142 valence electrons. The van der Waals surface area contributed by atoms with Crippen LogP contribution in [0.25, 0.3) is 0 Å². The zero-order valence-corrected chi connectivity index (χ0v) is 17.6. The normalized spacial score (nSPS) is 15.8. The van der Waals surface area contributed by atoms with Gasteiger partial charge in [0.1, 0.15) is 0 Å². The summed E-state index contributed by atoms with van der Waals surface area (Å²) in [6, 6.07) is 0. The Morgan fingerprint density at radius 2 is 1.12 bits per heavy atom. The van der Waals surface area contributed by atoms with Gasteiger partial charge in [-0.15, -0.1) is 0 Å². The predicted molar refractivity (Wildman–Crippen MR) is 98.2 cm³/mol. The molecule has 0 heterocycles. The molecule has 4 nitrogen and oxygen atoms in total. The van der Waals surface area contributed by atoms with Gasteiger partial charge in [-0.05, 0) is 81.1 Å². The first-order chi connectivity index (χ1) is 10.5. The van der Waals surface area contributed by atoms with E-state index < -0.39 is 11.2 Å². The molecule has 4 heteroatoms. The second-order valence-corrected chi connectivity index (χ2v) is 9.48. The van der Waals surface area contributed by atoms with Gasteiger partial charge < -0.3 is 0 Å². The van der Waals surface area contributed by atoms with Crippen LogP contribution in [0.4, 0.5) is 0 Å². The highest BCUT2D eigenvalue weighted by Crippen LogP contribution is 2.24. The van der Waals surface area contributed by atoms with E-state index in [0.717, 1.165) is 12.8 Å². The van der Waals surface area contributed by atoms with Gasteiger partial charge in [0.05, 0.1) is 11.2 Å². The van der Waals surface area contributed by atoms with Crippen molar-refractivity contribution in [3.63, 3.8) is 0 Å². The Bertz CT molecular complexity index is 429. The molecular formula is C20H38O4. The summed E-state index contributed by atoms with van der Waals surface area (Å²) in [6.45, 7) is 21.7. The molecule has 0 aliphatic rings. The lowest BCUT2D eigenvalue weighted by atomic mass is 9.95. The number of rotatable bonds is 7. The summed E-state index contributed by atoms with van der Waals surface area (Å²) in [5.74, 6) is 6.90. The van der Waals surface area contributed by atoms with E-state index in [9.17, 15) is 0 Å². The second-order valence-electron chi connectivity index (χ2n) is 9.48. The van der Waals surface area contributed by atoms with Gasteiger partial charge in [0.15, 0.2) is 11.2 Å². The van der Waals surface area contributed by atoms with Crippen molar-refractivity contribution in [3.8, 4) is 11.8 Å². The Labute approximate surface area is 149 Å².